The third kappa shape index (κ3) is 6.17. The number of likely N-dealkylation sites (tertiary alicyclic amines) is 1. The summed E-state index contributed by atoms with van der Waals surface area (Å²) in [5.74, 6) is 0.285. The average molecular weight is 646 g/mol. The SMILES string of the molecule is CC(C)Cc1nc(NC2CCN(C3(C)COC3)CC2)c(C=N)c(-c2ccc3c(c2)OCC(=O)N3Cc2ncc(Cl)cc2F)c1C#N. The van der Waals surface area contributed by atoms with Gasteiger partial charge in [0.1, 0.15) is 23.5 Å². The molecule has 3 aromatic rings. The third-order valence-electron chi connectivity index (χ3n) is 8.98. The Kier molecular flexibility index (Phi) is 8.97. The van der Waals surface area contributed by atoms with Gasteiger partial charge in [0, 0.05) is 42.7 Å². The average Bonchev–Trinajstić information content (AvgIpc) is 3.02. The molecule has 1 amide bonds. The van der Waals surface area contributed by atoms with Crippen molar-refractivity contribution in [2.24, 2.45) is 5.92 Å². The highest BCUT2D eigenvalue weighted by Crippen LogP contribution is 2.41. The van der Waals surface area contributed by atoms with Gasteiger partial charge in [-0.2, -0.15) is 5.26 Å². The Hall–Kier alpha value is -4.11. The molecule has 2 N–H and O–H groups in total. The number of nitrogens with zero attached hydrogens (tertiary/aromatic N) is 5. The number of piperidine rings is 1. The molecule has 0 spiro atoms. The van der Waals surface area contributed by atoms with Crippen molar-refractivity contribution in [1.29, 1.82) is 10.7 Å². The van der Waals surface area contributed by atoms with Crippen LogP contribution in [-0.4, -0.2) is 71.5 Å². The molecule has 2 fully saturated rings. The van der Waals surface area contributed by atoms with E-state index < -0.39 is 5.82 Å². The molecule has 1 aromatic carbocycles. The summed E-state index contributed by atoms with van der Waals surface area (Å²) < 4.78 is 25.9. The summed E-state index contributed by atoms with van der Waals surface area (Å²) >= 11 is 5.87. The number of rotatable bonds is 9. The molecule has 3 aliphatic heterocycles. The van der Waals surface area contributed by atoms with Gasteiger partial charge in [-0.25, -0.2) is 9.37 Å². The first kappa shape index (κ1) is 31.9. The number of pyridine rings is 2. The second-order valence-corrected chi connectivity index (χ2v) is 13.3. The molecule has 6 rings (SSSR count). The van der Waals surface area contributed by atoms with E-state index in [1.807, 2.05) is 0 Å². The summed E-state index contributed by atoms with van der Waals surface area (Å²) in [6.07, 6.45) is 5.01. The van der Waals surface area contributed by atoms with E-state index in [4.69, 9.17) is 31.5 Å². The van der Waals surface area contributed by atoms with Crippen LogP contribution in [0.3, 0.4) is 0 Å². The van der Waals surface area contributed by atoms with E-state index in [2.05, 4.69) is 42.0 Å². The molecule has 0 aliphatic carbocycles. The van der Waals surface area contributed by atoms with Crippen molar-refractivity contribution >= 4 is 35.2 Å². The fourth-order valence-corrected chi connectivity index (χ4v) is 6.58. The summed E-state index contributed by atoms with van der Waals surface area (Å²) in [5, 5.41) is 22.7. The first-order valence-corrected chi connectivity index (χ1v) is 15.9. The fourth-order valence-electron chi connectivity index (χ4n) is 6.43. The molecule has 0 bridgehead atoms. The highest BCUT2D eigenvalue weighted by atomic mass is 35.5. The van der Waals surface area contributed by atoms with Crippen LogP contribution in [0.15, 0.2) is 30.5 Å². The van der Waals surface area contributed by atoms with Crippen LogP contribution < -0.4 is 15.0 Å². The number of anilines is 2. The highest BCUT2D eigenvalue weighted by molar-refractivity contribution is 6.30. The number of halogens is 2. The van der Waals surface area contributed by atoms with E-state index in [0.717, 1.165) is 45.2 Å². The minimum atomic E-state index is -0.606. The van der Waals surface area contributed by atoms with Gasteiger partial charge < -0.3 is 20.2 Å². The van der Waals surface area contributed by atoms with E-state index in [1.54, 1.807) is 18.2 Å². The monoisotopic (exact) mass is 645 g/mol. The molecule has 240 valence electrons. The van der Waals surface area contributed by atoms with Crippen molar-refractivity contribution in [3.63, 3.8) is 0 Å². The molecule has 0 radical (unpaired) electrons. The summed E-state index contributed by atoms with van der Waals surface area (Å²) in [4.78, 5) is 25.8. The van der Waals surface area contributed by atoms with E-state index >= 15 is 0 Å². The van der Waals surface area contributed by atoms with Crippen LogP contribution in [0.5, 0.6) is 5.75 Å². The lowest BCUT2D eigenvalue weighted by Gasteiger charge is -2.49. The second-order valence-electron chi connectivity index (χ2n) is 12.9. The van der Waals surface area contributed by atoms with Crippen LogP contribution in [0, 0.1) is 28.5 Å². The van der Waals surface area contributed by atoms with Crippen LogP contribution in [-0.2, 0) is 22.5 Å². The van der Waals surface area contributed by atoms with Gasteiger partial charge in [0.25, 0.3) is 5.91 Å². The molecule has 0 atom stereocenters. The van der Waals surface area contributed by atoms with Crippen molar-refractivity contribution < 1.29 is 18.7 Å². The van der Waals surface area contributed by atoms with Gasteiger partial charge in [-0.3, -0.25) is 19.6 Å². The van der Waals surface area contributed by atoms with Crippen LogP contribution in [0.4, 0.5) is 15.9 Å². The highest BCUT2D eigenvalue weighted by Gasteiger charge is 2.41. The number of nitriles is 1. The Labute approximate surface area is 273 Å². The normalized spacial score (nSPS) is 18.0. The smallest absolute Gasteiger partial charge is 0.265 e. The molecule has 2 saturated heterocycles. The molecule has 0 saturated carbocycles. The van der Waals surface area contributed by atoms with Crippen molar-refractivity contribution in [3.8, 4) is 22.9 Å². The maximum atomic E-state index is 14.6. The molecular formula is C34H37ClFN7O3. The van der Waals surface area contributed by atoms with E-state index in [-0.39, 0.29) is 47.3 Å². The third-order valence-corrected chi connectivity index (χ3v) is 9.18. The van der Waals surface area contributed by atoms with Gasteiger partial charge in [0.05, 0.1) is 53.0 Å². The number of carbonyl (C=O) groups excluding carboxylic acids is 1. The number of carbonyl (C=O) groups is 1. The fraction of sp³-hybridized carbons (Fsp3) is 0.441. The van der Waals surface area contributed by atoms with E-state index in [0.29, 0.717) is 51.6 Å². The van der Waals surface area contributed by atoms with Gasteiger partial charge >= 0.3 is 0 Å². The number of hydrogen-bond acceptors (Lipinski definition) is 9. The van der Waals surface area contributed by atoms with E-state index in [1.165, 1.54) is 17.3 Å². The van der Waals surface area contributed by atoms with Crippen molar-refractivity contribution in [2.75, 3.05) is 43.1 Å². The van der Waals surface area contributed by atoms with Gasteiger partial charge in [-0.05, 0) is 55.9 Å². The molecular weight excluding hydrogens is 609 g/mol. The van der Waals surface area contributed by atoms with Crippen molar-refractivity contribution in [2.45, 2.75) is 58.2 Å². The number of amides is 1. The lowest BCUT2D eigenvalue weighted by Crippen LogP contribution is -2.62. The molecule has 5 heterocycles. The number of benzene rings is 1. The van der Waals surface area contributed by atoms with Crippen molar-refractivity contribution in [3.05, 3.63) is 63.8 Å². The zero-order valence-electron chi connectivity index (χ0n) is 26.2. The van der Waals surface area contributed by atoms with Gasteiger partial charge in [0.15, 0.2) is 6.61 Å². The van der Waals surface area contributed by atoms with Crippen LogP contribution >= 0.6 is 11.6 Å². The van der Waals surface area contributed by atoms with Crippen molar-refractivity contribution in [1.82, 2.24) is 14.9 Å². The number of hydrogen-bond donors (Lipinski definition) is 2. The number of ether oxygens (including phenoxy) is 2. The van der Waals surface area contributed by atoms with E-state index in [9.17, 15) is 14.4 Å². The first-order chi connectivity index (χ1) is 22.1. The molecule has 10 nitrogen and oxygen atoms in total. The predicted octanol–water partition coefficient (Wildman–Crippen LogP) is 5.59. The van der Waals surface area contributed by atoms with Gasteiger partial charge in [-0.1, -0.05) is 31.5 Å². The Bertz CT molecular complexity index is 1710. The minimum Gasteiger partial charge on any atom is -0.482 e. The summed E-state index contributed by atoms with van der Waals surface area (Å²) in [6, 6.07) is 8.98. The molecule has 12 heteroatoms. The standard InChI is InChI=1S/C34H37ClFN7O3/c1-20(2)10-27-24(13-37)32(25(14-38)33(41-27)40-23-6-8-42(9-7-23)34(3)18-45-19-34)21-4-5-29-30(11-21)46-17-31(44)43(29)16-28-26(36)12-22(35)15-39-28/h4-5,11-12,14-15,20,23,38H,6-10,16-19H2,1-3H3,(H,40,41). The number of aromatic nitrogens is 2. The quantitative estimate of drug-likeness (QED) is 0.288. The van der Waals surface area contributed by atoms with Crippen LogP contribution in [0.2, 0.25) is 5.02 Å². The Morgan fingerprint density at radius 1 is 1.26 bits per heavy atom. The molecule has 2 aromatic heterocycles. The number of nitrogens with one attached hydrogen (secondary N) is 2. The predicted molar refractivity (Wildman–Crippen MR) is 174 cm³/mol. The maximum Gasteiger partial charge on any atom is 0.265 e. The zero-order valence-corrected chi connectivity index (χ0v) is 27.0. The topological polar surface area (TPSA) is 127 Å². The molecule has 0 unspecified atom stereocenters. The molecule has 3 aliphatic rings. The van der Waals surface area contributed by atoms with Gasteiger partial charge in [0.2, 0.25) is 0 Å². The second kappa shape index (κ2) is 12.9. The number of fused-ring (bicyclic) bond motifs is 1. The Morgan fingerprint density at radius 3 is 2.65 bits per heavy atom. The van der Waals surface area contributed by atoms with Crippen LogP contribution in [0.1, 0.15) is 56.1 Å². The lowest BCUT2D eigenvalue weighted by atomic mass is 9.90. The first-order valence-electron chi connectivity index (χ1n) is 15.5. The zero-order chi connectivity index (χ0) is 32.6. The minimum absolute atomic E-state index is 0.0803. The molecule has 46 heavy (non-hydrogen) atoms. The van der Waals surface area contributed by atoms with Gasteiger partial charge in [-0.15, -0.1) is 0 Å². The summed E-state index contributed by atoms with van der Waals surface area (Å²) in [6.45, 7) is 9.46. The largest absolute Gasteiger partial charge is 0.482 e. The summed E-state index contributed by atoms with van der Waals surface area (Å²) in [5.41, 5.74) is 3.46. The Morgan fingerprint density at radius 2 is 2.02 bits per heavy atom. The Balaban J connectivity index is 1.36. The maximum absolute atomic E-state index is 14.6. The van der Waals surface area contributed by atoms with Crippen LogP contribution in [0.25, 0.3) is 11.1 Å². The lowest BCUT2D eigenvalue weighted by molar-refractivity contribution is -0.135. The summed E-state index contributed by atoms with van der Waals surface area (Å²) in [7, 11) is 0.